The van der Waals surface area contributed by atoms with Gasteiger partial charge in [0.2, 0.25) is 11.8 Å². The predicted molar refractivity (Wildman–Crippen MR) is 96.4 cm³/mol. The Balaban J connectivity index is 1.54. The summed E-state index contributed by atoms with van der Waals surface area (Å²) in [4.78, 5) is 26.6. The zero-order chi connectivity index (χ0) is 18.5. The lowest BCUT2D eigenvalue weighted by Gasteiger charge is -2.23. The van der Waals surface area contributed by atoms with Gasteiger partial charge in [-0.1, -0.05) is 29.4 Å². The summed E-state index contributed by atoms with van der Waals surface area (Å²) in [5.74, 6) is -0.186. The third kappa shape index (κ3) is 4.09. The molecule has 0 saturated carbocycles. The van der Waals surface area contributed by atoms with Gasteiger partial charge in [-0.3, -0.25) is 9.59 Å². The first kappa shape index (κ1) is 18.1. The molecule has 26 heavy (non-hydrogen) atoms. The van der Waals surface area contributed by atoms with Crippen LogP contribution in [0.15, 0.2) is 28.9 Å². The SMILES string of the molecule is CCc1cccc(NC(=O)CCC(=O)N2CCCC2c2nonc2C)c1. The maximum absolute atomic E-state index is 12.6. The molecule has 1 aliphatic heterocycles. The highest BCUT2D eigenvalue weighted by atomic mass is 16.6. The summed E-state index contributed by atoms with van der Waals surface area (Å²) in [5, 5.41) is 10.6. The Bertz CT molecular complexity index is 787. The molecule has 2 heterocycles. The molecule has 0 radical (unpaired) electrons. The van der Waals surface area contributed by atoms with E-state index in [0.717, 1.165) is 36.2 Å². The van der Waals surface area contributed by atoms with E-state index < -0.39 is 0 Å². The van der Waals surface area contributed by atoms with Gasteiger partial charge in [-0.25, -0.2) is 4.63 Å². The van der Waals surface area contributed by atoms with Crippen molar-refractivity contribution in [1.29, 1.82) is 0 Å². The molecule has 7 nitrogen and oxygen atoms in total. The number of rotatable bonds is 6. The summed E-state index contributed by atoms with van der Waals surface area (Å²) in [7, 11) is 0. The van der Waals surface area contributed by atoms with Crippen molar-refractivity contribution < 1.29 is 14.2 Å². The Labute approximate surface area is 152 Å². The summed E-state index contributed by atoms with van der Waals surface area (Å²) < 4.78 is 4.77. The Morgan fingerprint density at radius 1 is 1.31 bits per heavy atom. The van der Waals surface area contributed by atoms with E-state index in [1.165, 1.54) is 0 Å². The van der Waals surface area contributed by atoms with Crippen LogP contribution in [0.4, 0.5) is 5.69 Å². The molecule has 1 fully saturated rings. The van der Waals surface area contributed by atoms with Gasteiger partial charge in [0.25, 0.3) is 0 Å². The van der Waals surface area contributed by atoms with Crippen LogP contribution in [0.1, 0.15) is 55.6 Å². The molecule has 1 atom stereocenters. The second-order valence-corrected chi connectivity index (χ2v) is 6.58. The number of likely N-dealkylation sites (tertiary alicyclic amines) is 1. The molecule has 1 N–H and O–H groups in total. The third-order valence-electron chi connectivity index (χ3n) is 4.76. The number of hydrogen-bond donors (Lipinski definition) is 1. The van der Waals surface area contributed by atoms with Crippen LogP contribution < -0.4 is 5.32 Å². The number of carbonyl (C=O) groups is 2. The van der Waals surface area contributed by atoms with Gasteiger partial charge in [-0.05, 0) is 43.9 Å². The molecule has 0 spiro atoms. The maximum Gasteiger partial charge on any atom is 0.224 e. The lowest BCUT2D eigenvalue weighted by Crippen LogP contribution is -2.31. The Kier molecular flexibility index (Phi) is 5.65. The van der Waals surface area contributed by atoms with Gasteiger partial charge < -0.3 is 10.2 Å². The number of hydrogen-bond acceptors (Lipinski definition) is 5. The number of aryl methyl sites for hydroxylation is 2. The highest BCUT2D eigenvalue weighted by Gasteiger charge is 2.33. The molecule has 2 aromatic rings. The number of nitrogens with zero attached hydrogens (tertiary/aromatic N) is 3. The second kappa shape index (κ2) is 8.12. The highest BCUT2D eigenvalue weighted by Crippen LogP contribution is 2.32. The molecule has 1 saturated heterocycles. The van der Waals surface area contributed by atoms with E-state index in [0.29, 0.717) is 12.2 Å². The molecule has 0 bridgehead atoms. The average Bonchev–Trinajstić information content (AvgIpc) is 3.28. The fraction of sp³-hybridized carbons (Fsp3) is 0.474. The fourth-order valence-electron chi connectivity index (χ4n) is 3.35. The number of benzene rings is 1. The number of carbonyl (C=O) groups excluding carboxylic acids is 2. The number of amides is 2. The Morgan fingerprint density at radius 2 is 2.15 bits per heavy atom. The first-order valence-corrected chi connectivity index (χ1v) is 9.05. The average molecular weight is 356 g/mol. The molecular weight excluding hydrogens is 332 g/mol. The van der Waals surface area contributed by atoms with Crippen LogP contribution >= 0.6 is 0 Å². The fourth-order valence-corrected chi connectivity index (χ4v) is 3.35. The molecule has 7 heteroatoms. The van der Waals surface area contributed by atoms with Gasteiger partial charge >= 0.3 is 0 Å². The summed E-state index contributed by atoms with van der Waals surface area (Å²) in [6.07, 6.45) is 3.01. The third-order valence-corrected chi connectivity index (χ3v) is 4.76. The number of anilines is 1. The monoisotopic (exact) mass is 356 g/mol. The molecule has 1 aliphatic rings. The van der Waals surface area contributed by atoms with Gasteiger partial charge in [-0.15, -0.1) is 0 Å². The summed E-state index contributed by atoms with van der Waals surface area (Å²) >= 11 is 0. The van der Waals surface area contributed by atoms with E-state index in [1.54, 1.807) is 4.90 Å². The van der Waals surface area contributed by atoms with Crippen molar-refractivity contribution in [2.75, 3.05) is 11.9 Å². The van der Waals surface area contributed by atoms with Crippen LogP contribution in [0.25, 0.3) is 0 Å². The lowest BCUT2D eigenvalue weighted by molar-refractivity contribution is -0.133. The quantitative estimate of drug-likeness (QED) is 0.859. The van der Waals surface area contributed by atoms with Crippen molar-refractivity contribution in [3.05, 3.63) is 41.2 Å². The van der Waals surface area contributed by atoms with Crippen molar-refractivity contribution in [1.82, 2.24) is 15.2 Å². The van der Waals surface area contributed by atoms with E-state index in [9.17, 15) is 9.59 Å². The second-order valence-electron chi connectivity index (χ2n) is 6.58. The first-order valence-electron chi connectivity index (χ1n) is 9.05. The largest absolute Gasteiger partial charge is 0.334 e. The van der Waals surface area contributed by atoms with Gasteiger partial charge in [0, 0.05) is 25.1 Å². The number of aromatic nitrogens is 2. The minimum Gasteiger partial charge on any atom is -0.334 e. The van der Waals surface area contributed by atoms with Crippen LogP contribution in [-0.2, 0) is 16.0 Å². The van der Waals surface area contributed by atoms with Crippen LogP contribution in [-0.4, -0.2) is 33.6 Å². The van der Waals surface area contributed by atoms with Crippen molar-refractivity contribution in [3.63, 3.8) is 0 Å². The van der Waals surface area contributed by atoms with Crippen molar-refractivity contribution in [2.45, 2.75) is 52.0 Å². The molecule has 3 rings (SSSR count). The van der Waals surface area contributed by atoms with E-state index in [4.69, 9.17) is 4.63 Å². The Morgan fingerprint density at radius 3 is 2.88 bits per heavy atom. The molecule has 1 unspecified atom stereocenters. The molecule has 1 aromatic heterocycles. The van der Waals surface area contributed by atoms with Gasteiger partial charge in [0.1, 0.15) is 11.4 Å². The summed E-state index contributed by atoms with van der Waals surface area (Å²) in [5.41, 5.74) is 3.36. The normalized spacial score (nSPS) is 16.7. The van der Waals surface area contributed by atoms with Crippen molar-refractivity contribution in [2.24, 2.45) is 0 Å². The van der Waals surface area contributed by atoms with Crippen LogP contribution in [0.3, 0.4) is 0 Å². The molecule has 1 aromatic carbocycles. The van der Waals surface area contributed by atoms with Gasteiger partial charge in [0.05, 0.1) is 6.04 Å². The van der Waals surface area contributed by atoms with Crippen molar-refractivity contribution in [3.8, 4) is 0 Å². The summed E-state index contributed by atoms with van der Waals surface area (Å²) in [6, 6.07) is 7.65. The smallest absolute Gasteiger partial charge is 0.224 e. The zero-order valence-corrected chi connectivity index (χ0v) is 15.2. The molecule has 138 valence electrons. The first-order chi connectivity index (χ1) is 12.6. The zero-order valence-electron chi connectivity index (χ0n) is 15.2. The maximum atomic E-state index is 12.6. The van der Waals surface area contributed by atoms with Gasteiger partial charge in [-0.2, -0.15) is 0 Å². The van der Waals surface area contributed by atoms with E-state index in [1.807, 2.05) is 31.2 Å². The topological polar surface area (TPSA) is 88.3 Å². The van der Waals surface area contributed by atoms with Crippen LogP contribution in [0.5, 0.6) is 0 Å². The van der Waals surface area contributed by atoms with Crippen LogP contribution in [0.2, 0.25) is 0 Å². The lowest BCUT2D eigenvalue weighted by atomic mass is 10.1. The van der Waals surface area contributed by atoms with Crippen molar-refractivity contribution >= 4 is 17.5 Å². The summed E-state index contributed by atoms with van der Waals surface area (Å²) in [6.45, 7) is 4.57. The predicted octanol–water partition coefficient (Wildman–Crippen LogP) is 3.02. The molecule has 2 amide bonds. The van der Waals surface area contributed by atoms with E-state index in [2.05, 4.69) is 22.6 Å². The minimum atomic E-state index is -0.151. The van der Waals surface area contributed by atoms with Crippen LogP contribution in [0, 0.1) is 6.92 Å². The molecule has 0 aliphatic carbocycles. The highest BCUT2D eigenvalue weighted by molar-refractivity contribution is 5.93. The minimum absolute atomic E-state index is 0.0349. The van der Waals surface area contributed by atoms with E-state index in [-0.39, 0.29) is 30.7 Å². The molecular formula is C19H24N4O3. The van der Waals surface area contributed by atoms with Gasteiger partial charge in [0.15, 0.2) is 0 Å². The Hall–Kier alpha value is -2.70. The standard InChI is InChI=1S/C19H24N4O3/c1-3-14-6-4-7-15(12-14)20-17(24)9-10-18(25)23-11-5-8-16(23)19-13(2)21-26-22-19/h4,6-7,12,16H,3,5,8-11H2,1-2H3,(H,20,24). The van der Waals surface area contributed by atoms with E-state index >= 15 is 0 Å². The number of nitrogens with one attached hydrogen (secondary N) is 1.